The number of carbonyl (C=O) groups excluding carboxylic acids is 1. The number of amides is 1. The van der Waals surface area contributed by atoms with Crippen LogP contribution < -0.4 is 5.48 Å². The molecular formula is C18H26N4O2. The number of aromatic nitrogens is 2. The molecule has 1 amide bonds. The van der Waals surface area contributed by atoms with Crippen LogP contribution in [0.4, 0.5) is 0 Å². The minimum absolute atomic E-state index is 0.536. The third-order valence-corrected chi connectivity index (χ3v) is 4.05. The van der Waals surface area contributed by atoms with E-state index in [0.717, 1.165) is 42.7 Å². The summed E-state index contributed by atoms with van der Waals surface area (Å²) in [5, 5.41) is 8.50. The largest absolute Gasteiger partial charge is 0.329 e. The number of fused-ring (bicyclic) bond motifs is 1. The number of hydrogen-bond acceptors (Lipinski definition) is 4. The first kappa shape index (κ1) is 18.2. The van der Waals surface area contributed by atoms with Gasteiger partial charge >= 0.3 is 0 Å². The molecule has 0 saturated carbocycles. The van der Waals surface area contributed by atoms with Crippen LogP contribution in [-0.2, 0) is 11.3 Å². The van der Waals surface area contributed by atoms with Crippen LogP contribution in [0.5, 0.6) is 0 Å². The van der Waals surface area contributed by atoms with Crippen molar-refractivity contribution >= 4 is 23.0 Å². The van der Waals surface area contributed by atoms with Crippen LogP contribution in [0.25, 0.3) is 17.1 Å². The molecule has 0 bridgehead atoms. The van der Waals surface area contributed by atoms with Crippen LogP contribution in [0, 0.1) is 0 Å². The Bertz CT molecular complexity index is 706. The maximum Gasteiger partial charge on any atom is 0.267 e. The number of nitrogens with one attached hydrogen (secondary N) is 1. The Morgan fingerprint density at radius 3 is 2.88 bits per heavy atom. The summed E-state index contributed by atoms with van der Waals surface area (Å²) in [4.78, 5) is 18.0. The van der Waals surface area contributed by atoms with Crippen LogP contribution >= 0.6 is 0 Å². The lowest BCUT2D eigenvalue weighted by atomic mass is 10.2. The summed E-state index contributed by atoms with van der Waals surface area (Å²) in [5.41, 5.74) is 4.42. The second-order valence-corrected chi connectivity index (χ2v) is 6.13. The van der Waals surface area contributed by atoms with E-state index in [1.165, 1.54) is 6.08 Å². The van der Waals surface area contributed by atoms with E-state index in [4.69, 9.17) is 5.21 Å². The average Bonchev–Trinajstić information content (AvgIpc) is 2.98. The molecular weight excluding hydrogens is 304 g/mol. The second-order valence-electron chi connectivity index (χ2n) is 6.13. The van der Waals surface area contributed by atoms with Gasteiger partial charge in [0, 0.05) is 25.2 Å². The standard InChI is InChI=1S/C18H26N4O2/c1-4-9-21(14(2)3)10-11-22-13-19-16-12-15(5-7-17(16)22)6-8-18(23)20-24/h5-8,12-14,24H,4,9-11H2,1-3H3,(H,20,23)/b8-6+. The van der Waals surface area contributed by atoms with Crippen molar-refractivity contribution in [3.8, 4) is 0 Å². The summed E-state index contributed by atoms with van der Waals surface area (Å²) >= 11 is 0. The first-order valence-corrected chi connectivity index (χ1v) is 8.36. The normalized spacial score (nSPS) is 11.9. The number of nitrogens with zero attached hydrogens (tertiary/aromatic N) is 3. The molecule has 0 unspecified atom stereocenters. The van der Waals surface area contributed by atoms with E-state index in [9.17, 15) is 4.79 Å². The van der Waals surface area contributed by atoms with E-state index in [-0.39, 0.29) is 0 Å². The molecule has 1 aromatic heterocycles. The molecule has 0 saturated heterocycles. The van der Waals surface area contributed by atoms with Crippen molar-refractivity contribution in [1.82, 2.24) is 19.9 Å². The molecule has 1 heterocycles. The number of rotatable bonds is 8. The van der Waals surface area contributed by atoms with E-state index in [1.807, 2.05) is 24.5 Å². The van der Waals surface area contributed by atoms with Gasteiger partial charge in [0.25, 0.3) is 5.91 Å². The molecule has 24 heavy (non-hydrogen) atoms. The summed E-state index contributed by atoms with van der Waals surface area (Å²) in [6.45, 7) is 9.65. The van der Waals surface area contributed by atoms with E-state index in [0.29, 0.717) is 6.04 Å². The second kappa shape index (κ2) is 8.61. The van der Waals surface area contributed by atoms with Gasteiger partial charge in [-0.1, -0.05) is 13.0 Å². The molecule has 6 nitrogen and oxygen atoms in total. The first-order chi connectivity index (χ1) is 11.5. The van der Waals surface area contributed by atoms with Gasteiger partial charge in [-0.2, -0.15) is 0 Å². The number of carbonyl (C=O) groups is 1. The third-order valence-electron chi connectivity index (χ3n) is 4.05. The van der Waals surface area contributed by atoms with Crippen molar-refractivity contribution in [2.45, 2.75) is 39.8 Å². The summed E-state index contributed by atoms with van der Waals surface area (Å²) in [6.07, 6.45) is 5.94. The van der Waals surface area contributed by atoms with Gasteiger partial charge in [0.2, 0.25) is 0 Å². The lowest BCUT2D eigenvalue weighted by Crippen LogP contribution is -2.34. The maximum absolute atomic E-state index is 11.0. The molecule has 1 aromatic carbocycles. The summed E-state index contributed by atoms with van der Waals surface area (Å²) in [6, 6.07) is 6.42. The topological polar surface area (TPSA) is 70.4 Å². The van der Waals surface area contributed by atoms with E-state index in [1.54, 1.807) is 11.6 Å². The van der Waals surface area contributed by atoms with Crippen molar-refractivity contribution in [2.75, 3.05) is 13.1 Å². The fourth-order valence-corrected chi connectivity index (χ4v) is 2.72. The van der Waals surface area contributed by atoms with Crippen LogP contribution in [0.3, 0.4) is 0 Å². The highest BCUT2D eigenvalue weighted by atomic mass is 16.5. The smallest absolute Gasteiger partial charge is 0.267 e. The molecule has 0 fully saturated rings. The van der Waals surface area contributed by atoms with Gasteiger partial charge in [0.05, 0.1) is 17.4 Å². The lowest BCUT2D eigenvalue weighted by molar-refractivity contribution is -0.124. The molecule has 0 atom stereocenters. The Balaban J connectivity index is 2.10. The zero-order valence-corrected chi connectivity index (χ0v) is 14.6. The van der Waals surface area contributed by atoms with Crippen LogP contribution in [-0.4, -0.2) is 44.7 Å². The Morgan fingerprint density at radius 2 is 2.21 bits per heavy atom. The Kier molecular flexibility index (Phi) is 6.52. The molecule has 0 aliphatic carbocycles. The van der Waals surface area contributed by atoms with Gasteiger partial charge in [-0.05, 0) is 50.6 Å². The lowest BCUT2D eigenvalue weighted by Gasteiger charge is -2.26. The fraction of sp³-hybridized carbons (Fsp3) is 0.444. The van der Waals surface area contributed by atoms with Crippen LogP contribution in [0.2, 0.25) is 0 Å². The van der Waals surface area contributed by atoms with E-state index < -0.39 is 5.91 Å². The van der Waals surface area contributed by atoms with Gasteiger partial charge in [-0.3, -0.25) is 14.9 Å². The molecule has 130 valence electrons. The fourth-order valence-electron chi connectivity index (χ4n) is 2.72. The maximum atomic E-state index is 11.0. The molecule has 2 N–H and O–H groups in total. The summed E-state index contributed by atoms with van der Waals surface area (Å²) in [5.74, 6) is -0.551. The quantitative estimate of drug-likeness (QED) is 0.443. The predicted octanol–water partition coefficient (Wildman–Crippen LogP) is 2.68. The summed E-state index contributed by atoms with van der Waals surface area (Å²) < 4.78 is 2.16. The van der Waals surface area contributed by atoms with Gasteiger partial charge in [-0.25, -0.2) is 10.5 Å². The van der Waals surface area contributed by atoms with Crippen molar-refractivity contribution in [2.24, 2.45) is 0 Å². The Hall–Kier alpha value is -2.18. The minimum atomic E-state index is -0.551. The summed E-state index contributed by atoms with van der Waals surface area (Å²) in [7, 11) is 0. The van der Waals surface area contributed by atoms with Gasteiger partial charge < -0.3 is 4.57 Å². The van der Waals surface area contributed by atoms with Crippen LogP contribution in [0.1, 0.15) is 32.8 Å². The third kappa shape index (κ3) is 4.66. The number of hydroxylamine groups is 1. The molecule has 0 aliphatic rings. The molecule has 2 rings (SSSR count). The van der Waals surface area contributed by atoms with Gasteiger partial charge in [-0.15, -0.1) is 0 Å². The SMILES string of the molecule is CCCN(CCn1cnc2cc(/C=C/C(=O)NO)ccc21)C(C)C. The zero-order valence-electron chi connectivity index (χ0n) is 14.6. The first-order valence-electron chi connectivity index (χ1n) is 8.36. The van der Waals surface area contributed by atoms with E-state index in [2.05, 4.69) is 35.2 Å². The highest BCUT2D eigenvalue weighted by Gasteiger charge is 2.09. The Labute approximate surface area is 142 Å². The molecule has 0 spiro atoms. The molecule has 6 heteroatoms. The predicted molar refractivity (Wildman–Crippen MR) is 95.7 cm³/mol. The number of hydrogen-bond donors (Lipinski definition) is 2. The van der Waals surface area contributed by atoms with Crippen molar-refractivity contribution in [3.05, 3.63) is 36.2 Å². The molecule has 2 aromatic rings. The van der Waals surface area contributed by atoms with Crippen molar-refractivity contribution in [3.63, 3.8) is 0 Å². The highest BCUT2D eigenvalue weighted by molar-refractivity contribution is 5.91. The number of imidazole rings is 1. The Morgan fingerprint density at radius 1 is 1.42 bits per heavy atom. The van der Waals surface area contributed by atoms with Crippen LogP contribution in [0.15, 0.2) is 30.6 Å². The minimum Gasteiger partial charge on any atom is -0.329 e. The van der Waals surface area contributed by atoms with Crippen molar-refractivity contribution in [1.29, 1.82) is 0 Å². The molecule has 0 aliphatic heterocycles. The van der Waals surface area contributed by atoms with Gasteiger partial charge in [0.1, 0.15) is 0 Å². The molecule has 0 radical (unpaired) electrons. The zero-order chi connectivity index (χ0) is 17.5. The number of benzene rings is 1. The average molecular weight is 330 g/mol. The van der Waals surface area contributed by atoms with Gasteiger partial charge in [0.15, 0.2) is 0 Å². The van der Waals surface area contributed by atoms with Crippen molar-refractivity contribution < 1.29 is 10.0 Å². The van der Waals surface area contributed by atoms with E-state index >= 15 is 0 Å². The monoisotopic (exact) mass is 330 g/mol. The highest BCUT2D eigenvalue weighted by Crippen LogP contribution is 2.16.